The molecular formula is C13H21NO3S. The Bertz CT molecular complexity index is 491. The highest BCUT2D eigenvalue weighted by atomic mass is 32.2. The van der Waals surface area contributed by atoms with Gasteiger partial charge in [0.15, 0.2) is 9.84 Å². The molecule has 102 valence electrons. The van der Waals surface area contributed by atoms with Crippen LogP contribution in [0.5, 0.6) is 0 Å². The molecule has 18 heavy (non-hydrogen) atoms. The molecule has 0 spiro atoms. The van der Waals surface area contributed by atoms with Gasteiger partial charge in [-0.25, -0.2) is 8.42 Å². The van der Waals surface area contributed by atoms with Crippen LogP contribution in [-0.2, 0) is 9.84 Å². The summed E-state index contributed by atoms with van der Waals surface area (Å²) in [4.78, 5) is 0. The zero-order valence-corrected chi connectivity index (χ0v) is 11.9. The summed E-state index contributed by atoms with van der Waals surface area (Å²) in [6, 6.07) is 2.15. The van der Waals surface area contributed by atoms with E-state index < -0.39 is 20.9 Å². The zero-order valence-electron chi connectivity index (χ0n) is 11.1. The molecule has 5 heteroatoms. The Morgan fingerprint density at radius 2 is 1.89 bits per heavy atom. The van der Waals surface area contributed by atoms with Crippen LogP contribution >= 0.6 is 0 Å². The van der Waals surface area contributed by atoms with E-state index in [4.69, 9.17) is 0 Å². The predicted octanol–water partition coefficient (Wildman–Crippen LogP) is 1.65. The van der Waals surface area contributed by atoms with E-state index in [-0.39, 0.29) is 23.3 Å². The van der Waals surface area contributed by atoms with E-state index in [1.165, 1.54) is 0 Å². The Balaban J connectivity index is 2.37. The van der Waals surface area contributed by atoms with E-state index >= 15 is 0 Å². The van der Waals surface area contributed by atoms with Crippen molar-refractivity contribution in [2.75, 3.05) is 11.5 Å². The topological polar surface area (TPSA) is 78.2 Å². The highest BCUT2D eigenvalue weighted by Crippen LogP contribution is 2.53. The van der Waals surface area contributed by atoms with Crippen LogP contribution in [0, 0.1) is 22.2 Å². The second-order valence-corrected chi connectivity index (χ2v) is 8.95. The molecule has 0 amide bonds. The van der Waals surface area contributed by atoms with Gasteiger partial charge in [0.25, 0.3) is 0 Å². The monoisotopic (exact) mass is 271 g/mol. The van der Waals surface area contributed by atoms with Crippen molar-refractivity contribution < 1.29 is 13.5 Å². The van der Waals surface area contributed by atoms with E-state index in [2.05, 4.69) is 19.9 Å². The summed E-state index contributed by atoms with van der Waals surface area (Å²) in [7, 11) is -3.17. The summed E-state index contributed by atoms with van der Waals surface area (Å²) in [6.45, 7) is 4.15. The van der Waals surface area contributed by atoms with Gasteiger partial charge in [0.1, 0.15) is 5.41 Å². The van der Waals surface area contributed by atoms with Crippen LogP contribution in [0.3, 0.4) is 0 Å². The molecule has 0 aromatic rings. The smallest absolute Gasteiger partial charge is 0.152 e. The second kappa shape index (κ2) is 3.94. The number of sulfone groups is 1. The molecule has 1 heterocycles. The molecular weight excluding hydrogens is 250 g/mol. The number of rotatable bonds is 1. The molecule has 0 bridgehead atoms. The molecule has 1 aliphatic carbocycles. The largest absolute Gasteiger partial charge is 0.388 e. The minimum Gasteiger partial charge on any atom is -0.388 e. The van der Waals surface area contributed by atoms with E-state index in [9.17, 15) is 18.8 Å². The summed E-state index contributed by atoms with van der Waals surface area (Å²) in [5.74, 6) is -0.146. The fraction of sp³-hybridized carbons (Fsp3) is 0.923. The van der Waals surface area contributed by atoms with Crippen LogP contribution in [0.1, 0.15) is 46.0 Å². The molecule has 2 unspecified atom stereocenters. The van der Waals surface area contributed by atoms with Gasteiger partial charge in [-0.1, -0.05) is 20.3 Å². The van der Waals surface area contributed by atoms with Crippen LogP contribution in [0.2, 0.25) is 0 Å². The summed E-state index contributed by atoms with van der Waals surface area (Å²) < 4.78 is 23.4. The third-order valence-electron chi connectivity index (χ3n) is 4.63. The lowest BCUT2D eigenvalue weighted by Gasteiger charge is -2.48. The second-order valence-electron chi connectivity index (χ2n) is 6.76. The van der Waals surface area contributed by atoms with E-state index in [0.29, 0.717) is 12.8 Å². The molecule has 0 radical (unpaired) electrons. The van der Waals surface area contributed by atoms with Gasteiger partial charge in [0.05, 0.1) is 23.2 Å². The third kappa shape index (κ3) is 2.17. The van der Waals surface area contributed by atoms with Crippen molar-refractivity contribution in [2.45, 2.75) is 51.6 Å². The SMILES string of the molecule is CC1(C)CCCC(O)(C2(C#N)CCS(=O)(=O)C2)C1. The molecule has 2 aliphatic rings. The van der Waals surface area contributed by atoms with Crippen LogP contribution in [0.25, 0.3) is 0 Å². The minimum absolute atomic E-state index is 0.0246. The quantitative estimate of drug-likeness (QED) is 0.786. The lowest BCUT2D eigenvalue weighted by Crippen LogP contribution is -2.53. The summed E-state index contributed by atoms with van der Waals surface area (Å²) >= 11 is 0. The molecule has 1 saturated heterocycles. The molecule has 0 aromatic carbocycles. The van der Waals surface area contributed by atoms with Gasteiger partial charge in [-0.2, -0.15) is 5.26 Å². The molecule has 4 nitrogen and oxygen atoms in total. The number of nitriles is 1. The van der Waals surface area contributed by atoms with Crippen molar-refractivity contribution in [3.05, 3.63) is 0 Å². The first kappa shape index (κ1) is 13.8. The molecule has 1 N–H and O–H groups in total. The van der Waals surface area contributed by atoms with Gasteiger partial charge < -0.3 is 5.11 Å². The summed E-state index contributed by atoms with van der Waals surface area (Å²) in [5.41, 5.74) is -2.26. The van der Waals surface area contributed by atoms with E-state index in [0.717, 1.165) is 12.8 Å². The highest BCUT2D eigenvalue weighted by Gasteiger charge is 2.58. The summed E-state index contributed by atoms with van der Waals surface area (Å²) in [6.07, 6.45) is 3.21. The number of nitrogens with zero attached hydrogens (tertiary/aromatic N) is 1. The van der Waals surface area contributed by atoms with Gasteiger partial charge in [0, 0.05) is 0 Å². The minimum atomic E-state index is -3.17. The van der Waals surface area contributed by atoms with Gasteiger partial charge in [-0.3, -0.25) is 0 Å². The predicted molar refractivity (Wildman–Crippen MR) is 68.5 cm³/mol. The zero-order chi connectivity index (χ0) is 13.7. The van der Waals surface area contributed by atoms with E-state index in [1.54, 1.807) is 0 Å². The maximum absolute atomic E-state index is 11.7. The standard InChI is InChI=1S/C13H21NO3S/c1-11(2)4-3-5-13(15,8-11)12(9-14)6-7-18(16,17)10-12/h15H,3-8,10H2,1-2H3. The van der Waals surface area contributed by atoms with Crippen molar-refractivity contribution in [1.82, 2.24) is 0 Å². The van der Waals surface area contributed by atoms with Crippen LogP contribution < -0.4 is 0 Å². The fourth-order valence-electron chi connectivity index (χ4n) is 3.65. The fourth-order valence-corrected chi connectivity index (χ4v) is 5.68. The molecule has 1 saturated carbocycles. The van der Waals surface area contributed by atoms with Crippen molar-refractivity contribution in [3.8, 4) is 6.07 Å². The number of aliphatic hydroxyl groups is 1. The maximum Gasteiger partial charge on any atom is 0.152 e. The first-order chi connectivity index (χ1) is 8.14. The Kier molecular flexibility index (Phi) is 3.03. The van der Waals surface area contributed by atoms with Crippen molar-refractivity contribution in [1.29, 1.82) is 5.26 Å². The van der Waals surface area contributed by atoms with Crippen molar-refractivity contribution >= 4 is 9.84 Å². The normalized spacial score (nSPS) is 42.3. The van der Waals surface area contributed by atoms with Gasteiger partial charge in [0.2, 0.25) is 0 Å². The van der Waals surface area contributed by atoms with Gasteiger partial charge in [-0.15, -0.1) is 0 Å². The summed E-state index contributed by atoms with van der Waals surface area (Å²) in [5, 5.41) is 20.4. The average molecular weight is 271 g/mol. The molecule has 0 aromatic heterocycles. The molecule has 1 aliphatic heterocycles. The lowest BCUT2D eigenvalue weighted by atomic mass is 9.59. The molecule has 2 fully saturated rings. The lowest BCUT2D eigenvalue weighted by molar-refractivity contribution is -0.103. The first-order valence-electron chi connectivity index (χ1n) is 6.48. The van der Waals surface area contributed by atoms with Crippen molar-refractivity contribution in [3.63, 3.8) is 0 Å². The average Bonchev–Trinajstić information content (AvgIpc) is 2.54. The van der Waals surface area contributed by atoms with E-state index in [1.807, 2.05) is 0 Å². The molecule has 2 rings (SSSR count). The molecule has 2 atom stereocenters. The van der Waals surface area contributed by atoms with Gasteiger partial charge in [-0.05, 0) is 31.1 Å². The maximum atomic E-state index is 11.7. The van der Waals surface area contributed by atoms with Gasteiger partial charge >= 0.3 is 0 Å². The Morgan fingerprint density at radius 1 is 1.22 bits per heavy atom. The van der Waals surface area contributed by atoms with Crippen molar-refractivity contribution in [2.24, 2.45) is 10.8 Å². The number of hydrogen-bond donors (Lipinski definition) is 1. The van der Waals surface area contributed by atoms with Crippen LogP contribution in [0.4, 0.5) is 0 Å². The Morgan fingerprint density at radius 3 is 2.33 bits per heavy atom. The Hall–Kier alpha value is -0.600. The third-order valence-corrected chi connectivity index (χ3v) is 6.38. The highest BCUT2D eigenvalue weighted by molar-refractivity contribution is 7.91. The first-order valence-corrected chi connectivity index (χ1v) is 8.30. The number of hydrogen-bond acceptors (Lipinski definition) is 4. The van der Waals surface area contributed by atoms with Crippen LogP contribution in [0.15, 0.2) is 0 Å². The Labute approximate surface area is 109 Å². The van der Waals surface area contributed by atoms with Crippen LogP contribution in [-0.4, -0.2) is 30.6 Å².